The van der Waals surface area contributed by atoms with Crippen LogP contribution in [0.25, 0.3) is 0 Å². The molecule has 1 aliphatic rings. The number of rotatable bonds is 2. The lowest BCUT2D eigenvalue weighted by Crippen LogP contribution is -2.37. The van der Waals surface area contributed by atoms with Gasteiger partial charge in [0.2, 0.25) is 0 Å². The van der Waals surface area contributed by atoms with Crippen LogP contribution >= 0.6 is 11.6 Å². The zero-order valence-electron chi connectivity index (χ0n) is 9.32. The van der Waals surface area contributed by atoms with Crippen molar-refractivity contribution in [1.82, 2.24) is 4.98 Å². The van der Waals surface area contributed by atoms with Gasteiger partial charge in [-0.2, -0.15) is 0 Å². The fourth-order valence-electron chi connectivity index (χ4n) is 2.02. The predicted molar refractivity (Wildman–Crippen MR) is 65.9 cm³/mol. The molecule has 0 spiro atoms. The Morgan fingerprint density at radius 1 is 1.50 bits per heavy atom. The number of hydrogen-bond donors (Lipinski definition) is 1. The van der Waals surface area contributed by atoms with Gasteiger partial charge in [0.15, 0.2) is 5.82 Å². The zero-order valence-corrected chi connectivity index (χ0v) is 10.1. The summed E-state index contributed by atoms with van der Waals surface area (Å²) in [6.07, 6.45) is 4.03. The number of nitrogens with zero attached hydrogens (tertiary/aromatic N) is 2. The summed E-state index contributed by atoms with van der Waals surface area (Å²) < 4.78 is 5.33. The minimum absolute atomic E-state index is 0.366. The fraction of sp³-hybridized carbons (Fsp3) is 0.545. The monoisotopic (exact) mass is 241 g/mol. The van der Waals surface area contributed by atoms with Gasteiger partial charge in [0.1, 0.15) is 0 Å². The van der Waals surface area contributed by atoms with Gasteiger partial charge < -0.3 is 15.4 Å². The number of nitrogens with two attached hydrogens (primary N) is 1. The molecule has 0 unspecified atom stereocenters. The Bertz CT molecular complexity index is 364. The molecule has 0 bridgehead atoms. The Morgan fingerprint density at radius 3 is 2.75 bits per heavy atom. The minimum atomic E-state index is 0.366. The third-order valence-electron chi connectivity index (χ3n) is 2.94. The second-order valence-electron chi connectivity index (χ2n) is 3.99. The van der Waals surface area contributed by atoms with E-state index in [1.165, 1.54) is 0 Å². The number of pyridine rings is 1. The van der Waals surface area contributed by atoms with Crippen LogP contribution in [-0.4, -0.2) is 31.3 Å². The van der Waals surface area contributed by atoms with Crippen LogP contribution < -0.4 is 10.6 Å². The fourth-order valence-corrected chi connectivity index (χ4v) is 2.18. The summed E-state index contributed by atoms with van der Waals surface area (Å²) in [7, 11) is 1.76. The Kier molecular flexibility index (Phi) is 3.51. The SMILES string of the molecule is COC1CCN(c2ncc(Cl)cc2N)CC1. The van der Waals surface area contributed by atoms with Crippen molar-refractivity contribution in [2.45, 2.75) is 18.9 Å². The molecule has 1 fully saturated rings. The molecule has 2 heterocycles. The molecule has 0 aliphatic carbocycles. The normalized spacial score (nSPS) is 17.8. The van der Waals surface area contributed by atoms with Gasteiger partial charge in [-0.3, -0.25) is 0 Å². The molecule has 2 N–H and O–H groups in total. The summed E-state index contributed by atoms with van der Waals surface area (Å²) in [6, 6.07) is 1.74. The molecule has 5 heteroatoms. The molecule has 0 aromatic carbocycles. The highest BCUT2D eigenvalue weighted by molar-refractivity contribution is 6.30. The van der Waals surface area contributed by atoms with E-state index in [0.29, 0.717) is 16.8 Å². The number of halogens is 1. The third-order valence-corrected chi connectivity index (χ3v) is 3.14. The van der Waals surface area contributed by atoms with Crippen LogP contribution in [0.4, 0.5) is 11.5 Å². The van der Waals surface area contributed by atoms with Gasteiger partial charge in [0.25, 0.3) is 0 Å². The summed E-state index contributed by atoms with van der Waals surface area (Å²) in [6.45, 7) is 1.86. The molecular formula is C11H16ClN3O. The third kappa shape index (κ3) is 2.39. The molecule has 0 radical (unpaired) electrons. The lowest BCUT2D eigenvalue weighted by atomic mass is 10.1. The molecule has 0 saturated carbocycles. The van der Waals surface area contributed by atoms with Crippen molar-refractivity contribution in [2.75, 3.05) is 30.8 Å². The highest BCUT2D eigenvalue weighted by Gasteiger charge is 2.20. The second kappa shape index (κ2) is 4.89. The Hall–Kier alpha value is -1.00. The summed E-state index contributed by atoms with van der Waals surface area (Å²) in [5.74, 6) is 0.832. The maximum absolute atomic E-state index is 5.90. The van der Waals surface area contributed by atoms with Gasteiger partial charge in [-0.1, -0.05) is 11.6 Å². The van der Waals surface area contributed by atoms with E-state index in [9.17, 15) is 0 Å². The number of nitrogen functional groups attached to an aromatic ring is 1. The highest BCUT2D eigenvalue weighted by Crippen LogP contribution is 2.26. The lowest BCUT2D eigenvalue weighted by molar-refractivity contribution is 0.0818. The molecular weight excluding hydrogens is 226 g/mol. The molecule has 1 saturated heterocycles. The first kappa shape index (κ1) is 11.5. The quantitative estimate of drug-likeness (QED) is 0.860. The summed E-state index contributed by atoms with van der Waals surface area (Å²) in [5, 5.41) is 0.577. The number of aromatic nitrogens is 1. The van der Waals surface area contributed by atoms with E-state index in [-0.39, 0.29) is 0 Å². The summed E-state index contributed by atoms with van der Waals surface area (Å²) in [4.78, 5) is 6.46. The Balaban J connectivity index is 2.08. The molecule has 1 aromatic heterocycles. The maximum atomic E-state index is 5.90. The standard InChI is InChI=1S/C11H16ClN3O/c1-16-9-2-4-15(5-3-9)11-10(13)6-8(12)7-14-11/h6-7,9H,2-5,13H2,1H3. The average Bonchev–Trinajstić information content (AvgIpc) is 2.29. The van der Waals surface area contributed by atoms with Crippen molar-refractivity contribution in [3.05, 3.63) is 17.3 Å². The van der Waals surface area contributed by atoms with Crippen LogP contribution in [0.3, 0.4) is 0 Å². The van der Waals surface area contributed by atoms with E-state index in [1.807, 2.05) is 0 Å². The minimum Gasteiger partial charge on any atom is -0.396 e. The van der Waals surface area contributed by atoms with E-state index < -0.39 is 0 Å². The van der Waals surface area contributed by atoms with Crippen molar-refractivity contribution >= 4 is 23.1 Å². The molecule has 1 aliphatic heterocycles. The first-order chi connectivity index (χ1) is 7.70. The van der Waals surface area contributed by atoms with Gasteiger partial charge >= 0.3 is 0 Å². The van der Waals surface area contributed by atoms with Crippen LogP contribution in [0.15, 0.2) is 12.3 Å². The number of piperidine rings is 1. The largest absolute Gasteiger partial charge is 0.396 e. The molecule has 0 amide bonds. The second-order valence-corrected chi connectivity index (χ2v) is 4.42. The van der Waals surface area contributed by atoms with Gasteiger partial charge in [0.05, 0.1) is 16.8 Å². The lowest BCUT2D eigenvalue weighted by Gasteiger charge is -2.32. The van der Waals surface area contributed by atoms with Crippen LogP contribution in [-0.2, 0) is 4.74 Å². The zero-order chi connectivity index (χ0) is 11.5. The number of ether oxygens (including phenoxy) is 1. The molecule has 4 nitrogen and oxygen atoms in total. The first-order valence-corrected chi connectivity index (χ1v) is 5.77. The van der Waals surface area contributed by atoms with Crippen molar-refractivity contribution < 1.29 is 4.74 Å². The van der Waals surface area contributed by atoms with E-state index >= 15 is 0 Å². The van der Waals surface area contributed by atoms with Crippen molar-refractivity contribution in [2.24, 2.45) is 0 Å². The summed E-state index contributed by atoms with van der Waals surface area (Å²) in [5.41, 5.74) is 6.54. The van der Waals surface area contributed by atoms with Crippen LogP contribution in [0.1, 0.15) is 12.8 Å². The molecule has 0 atom stereocenters. The van der Waals surface area contributed by atoms with Gasteiger partial charge in [-0.15, -0.1) is 0 Å². The first-order valence-electron chi connectivity index (χ1n) is 5.39. The van der Waals surface area contributed by atoms with Gasteiger partial charge in [-0.05, 0) is 18.9 Å². The predicted octanol–water partition coefficient (Wildman–Crippen LogP) is 1.93. The van der Waals surface area contributed by atoms with Crippen LogP contribution in [0.5, 0.6) is 0 Å². The van der Waals surface area contributed by atoms with E-state index in [2.05, 4.69) is 9.88 Å². The smallest absolute Gasteiger partial charge is 0.151 e. The maximum Gasteiger partial charge on any atom is 0.151 e. The molecule has 16 heavy (non-hydrogen) atoms. The Morgan fingerprint density at radius 2 is 2.19 bits per heavy atom. The molecule has 88 valence electrons. The van der Waals surface area contributed by atoms with Crippen molar-refractivity contribution in [3.63, 3.8) is 0 Å². The van der Waals surface area contributed by atoms with Crippen LogP contribution in [0.2, 0.25) is 5.02 Å². The average molecular weight is 242 g/mol. The highest BCUT2D eigenvalue weighted by atomic mass is 35.5. The number of methoxy groups -OCH3 is 1. The van der Waals surface area contributed by atoms with Crippen LogP contribution in [0, 0.1) is 0 Å². The number of anilines is 2. The van der Waals surface area contributed by atoms with Gasteiger partial charge in [0, 0.05) is 26.4 Å². The Labute approximate surface area is 100 Å². The topological polar surface area (TPSA) is 51.4 Å². The van der Waals surface area contributed by atoms with E-state index in [1.54, 1.807) is 19.4 Å². The van der Waals surface area contributed by atoms with E-state index in [0.717, 1.165) is 31.7 Å². The molecule has 1 aromatic rings. The molecule has 2 rings (SSSR count). The van der Waals surface area contributed by atoms with Gasteiger partial charge in [-0.25, -0.2) is 4.98 Å². The summed E-state index contributed by atoms with van der Waals surface area (Å²) >= 11 is 5.82. The number of hydrogen-bond acceptors (Lipinski definition) is 4. The van der Waals surface area contributed by atoms with E-state index in [4.69, 9.17) is 22.1 Å². The van der Waals surface area contributed by atoms with Crippen molar-refractivity contribution in [1.29, 1.82) is 0 Å². The van der Waals surface area contributed by atoms with Crippen molar-refractivity contribution in [3.8, 4) is 0 Å².